The van der Waals surface area contributed by atoms with Gasteiger partial charge in [0.05, 0.1) is 39.8 Å². The van der Waals surface area contributed by atoms with E-state index >= 15 is 0 Å². The number of nitrogens with zero attached hydrogens (tertiary/aromatic N) is 2. The zero-order chi connectivity index (χ0) is 16.8. The number of halogens is 2. The van der Waals surface area contributed by atoms with Crippen LogP contribution < -0.4 is 11.1 Å². The number of aromatic nitrogens is 2. The van der Waals surface area contributed by atoms with Gasteiger partial charge in [0.25, 0.3) is 5.92 Å². The van der Waals surface area contributed by atoms with E-state index in [0.29, 0.717) is 16.9 Å². The van der Waals surface area contributed by atoms with Gasteiger partial charge in [-0.3, -0.25) is 0 Å². The van der Waals surface area contributed by atoms with Gasteiger partial charge in [0.2, 0.25) is 0 Å². The molecule has 4 radical (unpaired) electrons. The Bertz CT molecular complexity index is 764. The van der Waals surface area contributed by atoms with E-state index in [1.807, 2.05) is 5.32 Å². The molecule has 1 aliphatic heterocycles. The Morgan fingerprint density at radius 1 is 1.39 bits per heavy atom. The number of H-pyrrole nitrogens is 1. The summed E-state index contributed by atoms with van der Waals surface area (Å²) in [5, 5.41) is -0.629. The second kappa shape index (κ2) is 5.23. The van der Waals surface area contributed by atoms with Crippen molar-refractivity contribution < 1.29 is 13.6 Å². The van der Waals surface area contributed by atoms with Gasteiger partial charge in [-0.05, 0) is 17.7 Å². The van der Waals surface area contributed by atoms with Gasteiger partial charge in [0.1, 0.15) is 5.82 Å². The quantitative estimate of drug-likeness (QED) is 0.706. The molecule has 3 rings (SSSR count). The number of urea groups is 1. The Morgan fingerprint density at radius 2 is 2.13 bits per heavy atom. The van der Waals surface area contributed by atoms with Gasteiger partial charge in [0, 0.05) is 11.9 Å². The van der Waals surface area contributed by atoms with Gasteiger partial charge >= 0.3 is 6.03 Å². The van der Waals surface area contributed by atoms with Gasteiger partial charge in [-0.2, -0.15) is 0 Å². The molecule has 116 valence electrons. The van der Waals surface area contributed by atoms with Crippen molar-refractivity contribution in [3.05, 3.63) is 29.6 Å². The summed E-state index contributed by atoms with van der Waals surface area (Å²) in [6.07, 6.45) is 0. The molecular formula is C13H13B2F2N5O. The number of imidazole rings is 1. The number of carbonyl (C=O) groups is 1. The molecule has 0 unspecified atom stereocenters. The maximum absolute atomic E-state index is 13.9. The third kappa shape index (κ3) is 2.78. The van der Waals surface area contributed by atoms with Crippen LogP contribution in [0.4, 0.5) is 13.6 Å². The molecule has 0 bridgehead atoms. The SMILES string of the molecule is [B]C1([B])NC(=O)N(Cc2ccc3nc(CN)[nH]c3c2)CC1(F)F. The Morgan fingerprint density at radius 3 is 2.83 bits per heavy atom. The first-order valence-electron chi connectivity index (χ1n) is 6.92. The molecule has 2 aromatic rings. The van der Waals surface area contributed by atoms with Crippen LogP contribution in [0.5, 0.6) is 0 Å². The highest BCUT2D eigenvalue weighted by Crippen LogP contribution is 2.30. The summed E-state index contributed by atoms with van der Waals surface area (Å²) in [4.78, 5) is 20.1. The minimum absolute atomic E-state index is 0.00950. The largest absolute Gasteiger partial charge is 0.344 e. The van der Waals surface area contributed by atoms with Crippen molar-refractivity contribution in [2.24, 2.45) is 5.73 Å². The Hall–Kier alpha value is -2.09. The summed E-state index contributed by atoms with van der Waals surface area (Å²) in [6, 6.07) is 4.44. The maximum Gasteiger partial charge on any atom is 0.317 e. The molecule has 2 heterocycles. The van der Waals surface area contributed by atoms with Crippen LogP contribution in [-0.2, 0) is 13.1 Å². The van der Waals surface area contributed by atoms with E-state index in [-0.39, 0.29) is 13.1 Å². The molecule has 1 saturated heterocycles. The van der Waals surface area contributed by atoms with Crippen molar-refractivity contribution in [1.29, 1.82) is 0 Å². The van der Waals surface area contributed by atoms with E-state index in [1.165, 1.54) is 0 Å². The number of carbonyl (C=O) groups excluding carboxylic acids is 1. The number of hydrogen-bond acceptors (Lipinski definition) is 3. The first kappa shape index (κ1) is 15.8. The molecular weight excluding hydrogens is 302 g/mol. The highest BCUT2D eigenvalue weighted by atomic mass is 19.3. The molecule has 0 atom stereocenters. The molecule has 4 N–H and O–H groups in total. The van der Waals surface area contributed by atoms with E-state index in [9.17, 15) is 13.6 Å². The number of aromatic amines is 1. The predicted octanol–water partition coefficient (Wildman–Crippen LogP) is 0.173. The number of rotatable bonds is 3. The predicted molar refractivity (Wildman–Crippen MR) is 82.1 cm³/mol. The van der Waals surface area contributed by atoms with Gasteiger partial charge < -0.3 is 20.9 Å². The average molecular weight is 315 g/mol. The van der Waals surface area contributed by atoms with E-state index in [1.54, 1.807) is 18.2 Å². The average Bonchev–Trinajstić information content (AvgIpc) is 2.86. The summed E-state index contributed by atoms with van der Waals surface area (Å²) in [7, 11) is 10.5. The second-order valence-corrected chi connectivity index (χ2v) is 5.60. The maximum atomic E-state index is 13.9. The smallest absolute Gasteiger partial charge is 0.317 e. The number of alkyl halides is 2. The van der Waals surface area contributed by atoms with Crippen LogP contribution in [0, 0.1) is 0 Å². The van der Waals surface area contributed by atoms with Crippen LogP contribution in [0.15, 0.2) is 18.2 Å². The van der Waals surface area contributed by atoms with Gasteiger partial charge in [-0.25, -0.2) is 18.6 Å². The minimum Gasteiger partial charge on any atom is -0.344 e. The third-order valence-corrected chi connectivity index (χ3v) is 3.76. The minimum atomic E-state index is -3.45. The molecule has 6 nitrogen and oxygen atoms in total. The van der Waals surface area contributed by atoms with Crippen molar-refractivity contribution in [3.63, 3.8) is 0 Å². The molecule has 1 aromatic heterocycles. The van der Waals surface area contributed by atoms with E-state index in [4.69, 9.17) is 21.4 Å². The standard InChI is InChI=1S/C13H13B2F2N5O/c14-13(15)12(16,17)6-22(11(23)21-13)5-7-1-2-8-9(3-7)20-10(4-18)19-8/h1-3H,4-6,18H2,(H,19,20)(H,21,23). The fourth-order valence-corrected chi connectivity index (χ4v) is 2.44. The monoisotopic (exact) mass is 315 g/mol. The first-order valence-corrected chi connectivity index (χ1v) is 6.92. The van der Waals surface area contributed by atoms with Crippen molar-refractivity contribution in [1.82, 2.24) is 20.2 Å². The van der Waals surface area contributed by atoms with Gasteiger partial charge in [-0.1, -0.05) is 6.07 Å². The van der Waals surface area contributed by atoms with Crippen molar-refractivity contribution >= 4 is 32.8 Å². The summed E-state index contributed by atoms with van der Waals surface area (Å²) in [6.45, 7) is -0.606. The lowest BCUT2D eigenvalue weighted by Gasteiger charge is -2.45. The topological polar surface area (TPSA) is 87.0 Å². The molecule has 2 amide bonds. The van der Waals surface area contributed by atoms with Crippen LogP contribution in [0.3, 0.4) is 0 Å². The van der Waals surface area contributed by atoms with Crippen LogP contribution in [0.2, 0.25) is 0 Å². The van der Waals surface area contributed by atoms with E-state index < -0.39 is 23.8 Å². The normalized spacial score (nSPS) is 19.8. The summed E-state index contributed by atoms with van der Waals surface area (Å²) in [5.41, 5.74) is 7.61. The fourth-order valence-electron chi connectivity index (χ4n) is 2.44. The molecule has 23 heavy (non-hydrogen) atoms. The van der Waals surface area contributed by atoms with E-state index in [0.717, 1.165) is 10.4 Å². The summed E-state index contributed by atoms with van der Waals surface area (Å²) < 4.78 is 27.7. The molecule has 1 fully saturated rings. The highest BCUT2D eigenvalue weighted by molar-refractivity contribution is 6.42. The van der Waals surface area contributed by atoms with Crippen LogP contribution in [0.25, 0.3) is 11.0 Å². The molecule has 1 aliphatic rings. The molecule has 0 aliphatic carbocycles. The van der Waals surface area contributed by atoms with Crippen molar-refractivity contribution in [2.75, 3.05) is 6.54 Å². The van der Waals surface area contributed by atoms with Crippen molar-refractivity contribution in [3.8, 4) is 0 Å². The van der Waals surface area contributed by atoms with Crippen LogP contribution in [-0.4, -0.2) is 54.4 Å². The number of nitrogens with two attached hydrogens (primary N) is 1. The molecule has 10 heteroatoms. The van der Waals surface area contributed by atoms with Gasteiger partial charge in [0.15, 0.2) is 0 Å². The number of nitrogens with one attached hydrogen (secondary N) is 2. The third-order valence-electron chi connectivity index (χ3n) is 3.76. The van der Waals surface area contributed by atoms with Crippen LogP contribution in [0.1, 0.15) is 11.4 Å². The summed E-state index contributed by atoms with van der Waals surface area (Å²) in [5.74, 6) is -2.83. The number of hydrogen-bond donors (Lipinski definition) is 3. The van der Waals surface area contributed by atoms with Crippen molar-refractivity contribution in [2.45, 2.75) is 24.3 Å². The highest BCUT2D eigenvalue weighted by Gasteiger charge is 2.52. The lowest BCUT2D eigenvalue weighted by atomic mass is 9.57. The Balaban J connectivity index is 1.82. The molecule has 0 spiro atoms. The summed E-state index contributed by atoms with van der Waals surface area (Å²) >= 11 is 0. The second-order valence-electron chi connectivity index (χ2n) is 5.60. The Kier molecular flexibility index (Phi) is 3.59. The first-order chi connectivity index (χ1) is 10.7. The van der Waals surface area contributed by atoms with Gasteiger partial charge in [-0.15, -0.1) is 0 Å². The molecule has 1 aromatic carbocycles. The Labute approximate surface area is 133 Å². The number of amides is 2. The zero-order valence-electron chi connectivity index (χ0n) is 12.1. The number of fused-ring (bicyclic) bond motifs is 1. The fraction of sp³-hybridized carbons (Fsp3) is 0.385. The molecule has 0 saturated carbocycles. The lowest BCUT2D eigenvalue weighted by Crippen LogP contribution is -2.72. The lowest BCUT2D eigenvalue weighted by molar-refractivity contribution is -0.0623. The van der Waals surface area contributed by atoms with Crippen LogP contribution >= 0.6 is 0 Å². The zero-order valence-corrected chi connectivity index (χ0v) is 12.1. The number of benzene rings is 1. The van der Waals surface area contributed by atoms with E-state index in [2.05, 4.69) is 9.97 Å².